The number of benzene rings is 2. The van der Waals surface area contributed by atoms with Crippen LogP contribution in [-0.4, -0.2) is 22.7 Å². The zero-order valence-corrected chi connectivity index (χ0v) is 13.4. The first-order valence-corrected chi connectivity index (χ1v) is 7.89. The summed E-state index contributed by atoms with van der Waals surface area (Å²) >= 11 is 3.35. The van der Waals surface area contributed by atoms with Crippen LogP contribution in [0.25, 0.3) is 0 Å². The predicted octanol–water partition coefficient (Wildman–Crippen LogP) is 4.17. The molecule has 0 unspecified atom stereocenters. The standard InChI is InChI=1S/C17H17BrFNO/c1-13-7-8-16(19)15(11-13)17(21)20(10-9-18)12-14-5-3-2-4-6-14/h2-8,11H,9-10,12H2,1H3. The average molecular weight is 350 g/mol. The number of carbonyl (C=O) groups excluding carboxylic acids is 1. The number of hydrogen-bond acceptors (Lipinski definition) is 1. The van der Waals surface area contributed by atoms with Crippen LogP contribution < -0.4 is 0 Å². The normalized spacial score (nSPS) is 10.4. The minimum atomic E-state index is -0.474. The zero-order chi connectivity index (χ0) is 15.2. The first-order valence-electron chi connectivity index (χ1n) is 6.77. The summed E-state index contributed by atoms with van der Waals surface area (Å²) in [7, 11) is 0. The highest BCUT2D eigenvalue weighted by Gasteiger charge is 2.19. The van der Waals surface area contributed by atoms with Crippen LogP contribution in [-0.2, 0) is 6.54 Å². The third kappa shape index (κ3) is 4.14. The molecule has 21 heavy (non-hydrogen) atoms. The molecule has 0 saturated carbocycles. The van der Waals surface area contributed by atoms with Gasteiger partial charge >= 0.3 is 0 Å². The maximum atomic E-state index is 13.9. The smallest absolute Gasteiger partial charge is 0.257 e. The number of hydrogen-bond donors (Lipinski definition) is 0. The third-order valence-corrected chi connectivity index (χ3v) is 3.56. The molecular weight excluding hydrogens is 333 g/mol. The number of amides is 1. The summed E-state index contributed by atoms with van der Waals surface area (Å²) in [6.45, 7) is 2.85. The van der Waals surface area contributed by atoms with Gasteiger partial charge in [-0.25, -0.2) is 4.39 Å². The van der Waals surface area contributed by atoms with Gasteiger partial charge in [0.15, 0.2) is 0 Å². The summed E-state index contributed by atoms with van der Waals surface area (Å²) in [5.41, 5.74) is 2.03. The van der Waals surface area contributed by atoms with E-state index in [2.05, 4.69) is 15.9 Å². The van der Waals surface area contributed by atoms with Crippen molar-refractivity contribution in [3.05, 3.63) is 71.0 Å². The molecular formula is C17H17BrFNO. The van der Waals surface area contributed by atoms with Crippen molar-refractivity contribution < 1.29 is 9.18 Å². The molecule has 0 aliphatic heterocycles. The quantitative estimate of drug-likeness (QED) is 0.741. The average Bonchev–Trinajstić information content (AvgIpc) is 2.49. The molecule has 0 fully saturated rings. The molecule has 2 nitrogen and oxygen atoms in total. The Bertz CT molecular complexity index is 615. The lowest BCUT2D eigenvalue weighted by atomic mass is 10.1. The Kier molecular flexibility index (Phi) is 5.51. The Hall–Kier alpha value is -1.68. The Labute approximate surface area is 132 Å². The molecule has 0 saturated heterocycles. The Morgan fingerprint density at radius 3 is 2.57 bits per heavy atom. The molecule has 0 aliphatic carbocycles. The molecule has 2 aromatic rings. The summed E-state index contributed by atoms with van der Waals surface area (Å²) in [6.07, 6.45) is 0. The lowest BCUT2D eigenvalue weighted by molar-refractivity contribution is 0.0750. The van der Waals surface area contributed by atoms with Crippen LogP contribution in [0, 0.1) is 12.7 Å². The van der Waals surface area contributed by atoms with Crippen molar-refractivity contribution in [1.82, 2.24) is 4.90 Å². The van der Waals surface area contributed by atoms with Crippen molar-refractivity contribution in [2.24, 2.45) is 0 Å². The molecule has 110 valence electrons. The van der Waals surface area contributed by atoms with Gasteiger partial charge < -0.3 is 4.90 Å². The van der Waals surface area contributed by atoms with Gasteiger partial charge in [-0.15, -0.1) is 0 Å². The molecule has 2 rings (SSSR count). The van der Waals surface area contributed by atoms with E-state index in [0.29, 0.717) is 18.4 Å². The van der Waals surface area contributed by atoms with Gasteiger partial charge in [0, 0.05) is 18.4 Å². The number of alkyl halides is 1. The molecule has 2 aromatic carbocycles. The van der Waals surface area contributed by atoms with Crippen LogP contribution in [0.4, 0.5) is 4.39 Å². The highest BCUT2D eigenvalue weighted by atomic mass is 79.9. The van der Waals surface area contributed by atoms with E-state index >= 15 is 0 Å². The highest BCUT2D eigenvalue weighted by molar-refractivity contribution is 9.09. The van der Waals surface area contributed by atoms with Gasteiger partial charge in [-0.1, -0.05) is 57.9 Å². The number of halogens is 2. The fourth-order valence-corrected chi connectivity index (χ4v) is 2.56. The summed E-state index contributed by atoms with van der Waals surface area (Å²) in [6, 6.07) is 14.3. The first kappa shape index (κ1) is 15.7. The van der Waals surface area contributed by atoms with Crippen molar-refractivity contribution in [2.75, 3.05) is 11.9 Å². The molecule has 1 amide bonds. The van der Waals surface area contributed by atoms with Crippen LogP contribution >= 0.6 is 15.9 Å². The SMILES string of the molecule is Cc1ccc(F)c(C(=O)N(CCBr)Cc2ccccc2)c1. The van der Waals surface area contributed by atoms with Crippen molar-refractivity contribution in [2.45, 2.75) is 13.5 Å². The third-order valence-electron chi connectivity index (χ3n) is 3.21. The second-order valence-corrected chi connectivity index (χ2v) is 5.68. The molecule has 0 atom stereocenters. The van der Waals surface area contributed by atoms with Gasteiger partial charge in [0.1, 0.15) is 5.82 Å². The lowest BCUT2D eigenvalue weighted by Gasteiger charge is -2.22. The number of aryl methyl sites for hydroxylation is 1. The van der Waals surface area contributed by atoms with Crippen LogP contribution in [0.2, 0.25) is 0 Å². The van der Waals surface area contributed by atoms with Crippen molar-refractivity contribution in [3.63, 3.8) is 0 Å². The van der Waals surface area contributed by atoms with Gasteiger partial charge in [-0.2, -0.15) is 0 Å². The highest BCUT2D eigenvalue weighted by Crippen LogP contribution is 2.15. The number of carbonyl (C=O) groups is 1. The molecule has 0 radical (unpaired) electrons. The number of nitrogens with zero attached hydrogens (tertiary/aromatic N) is 1. The topological polar surface area (TPSA) is 20.3 Å². The van der Waals surface area contributed by atoms with E-state index in [9.17, 15) is 9.18 Å². The molecule has 0 aromatic heterocycles. The van der Waals surface area contributed by atoms with Crippen molar-refractivity contribution >= 4 is 21.8 Å². The lowest BCUT2D eigenvalue weighted by Crippen LogP contribution is -2.32. The number of rotatable bonds is 5. The van der Waals surface area contributed by atoms with E-state index in [1.54, 1.807) is 17.0 Å². The van der Waals surface area contributed by atoms with Gasteiger partial charge in [0.2, 0.25) is 0 Å². The van der Waals surface area contributed by atoms with E-state index in [1.807, 2.05) is 37.3 Å². The Balaban J connectivity index is 2.25. The summed E-state index contributed by atoms with van der Waals surface area (Å²) < 4.78 is 13.9. The molecule has 0 bridgehead atoms. The summed E-state index contributed by atoms with van der Waals surface area (Å²) in [5, 5.41) is 0.652. The van der Waals surface area contributed by atoms with Gasteiger partial charge in [-0.3, -0.25) is 4.79 Å². The molecule has 0 heterocycles. The van der Waals surface area contributed by atoms with Crippen molar-refractivity contribution in [3.8, 4) is 0 Å². The van der Waals surface area contributed by atoms with E-state index in [1.165, 1.54) is 6.07 Å². The predicted molar refractivity (Wildman–Crippen MR) is 86.1 cm³/mol. The molecule has 4 heteroatoms. The van der Waals surface area contributed by atoms with Crippen LogP contribution in [0.1, 0.15) is 21.5 Å². The molecule has 0 aliphatic rings. The van der Waals surface area contributed by atoms with Crippen molar-refractivity contribution in [1.29, 1.82) is 0 Å². The van der Waals surface area contributed by atoms with E-state index < -0.39 is 5.82 Å². The maximum Gasteiger partial charge on any atom is 0.257 e. The second kappa shape index (κ2) is 7.36. The van der Waals surface area contributed by atoms with Crippen LogP contribution in [0.3, 0.4) is 0 Å². The van der Waals surface area contributed by atoms with E-state index in [0.717, 1.165) is 11.1 Å². The van der Waals surface area contributed by atoms with Crippen LogP contribution in [0.5, 0.6) is 0 Å². The van der Waals surface area contributed by atoms with Gasteiger partial charge in [0.05, 0.1) is 5.56 Å². The summed E-state index contributed by atoms with van der Waals surface area (Å²) in [4.78, 5) is 14.2. The minimum absolute atomic E-state index is 0.131. The summed E-state index contributed by atoms with van der Waals surface area (Å²) in [5.74, 6) is -0.752. The molecule has 0 spiro atoms. The minimum Gasteiger partial charge on any atom is -0.333 e. The van der Waals surface area contributed by atoms with Gasteiger partial charge in [-0.05, 0) is 24.6 Å². The van der Waals surface area contributed by atoms with Gasteiger partial charge in [0.25, 0.3) is 5.91 Å². The van der Waals surface area contributed by atoms with E-state index in [4.69, 9.17) is 0 Å². The molecule has 0 N–H and O–H groups in total. The maximum absolute atomic E-state index is 13.9. The Morgan fingerprint density at radius 1 is 1.19 bits per heavy atom. The van der Waals surface area contributed by atoms with E-state index in [-0.39, 0.29) is 11.5 Å². The first-order chi connectivity index (χ1) is 10.1. The Morgan fingerprint density at radius 2 is 1.90 bits per heavy atom. The monoisotopic (exact) mass is 349 g/mol. The second-order valence-electron chi connectivity index (χ2n) is 4.88. The largest absolute Gasteiger partial charge is 0.333 e. The fraction of sp³-hybridized carbons (Fsp3) is 0.235. The van der Waals surface area contributed by atoms with Crippen LogP contribution in [0.15, 0.2) is 48.5 Å². The zero-order valence-electron chi connectivity index (χ0n) is 11.9. The fourth-order valence-electron chi connectivity index (χ4n) is 2.13.